The van der Waals surface area contributed by atoms with Gasteiger partial charge in [-0.15, -0.1) is 0 Å². The average Bonchev–Trinajstić information content (AvgIpc) is 3.57. The Kier molecular flexibility index (Phi) is 4.83. The molecule has 31 heavy (non-hydrogen) atoms. The van der Waals surface area contributed by atoms with Gasteiger partial charge in [0.15, 0.2) is 11.5 Å². The first-order valence-corrected chi connectivity index (χ1v) is 11.6. The van der Waals surface area contributed by atoms with Gasteiger partial charge in [-0.1, -0.05) is 12.1 Å². The highest BCUT2D eigenvalue weighted by molar-refractivity contribution is 7.90. The predicted octanol–water partition coefficient (Wildman–Crippen LogP) is 3.78. The highest BCUT2D eigenvalue weighted by Gasteiger charge is 2.35. The highest BCUT2D eigenvalue weighted by atomic mass is 32.2. The van der Waals surface area contributed by atoms with E-state index < -0.39 is 10.0 Å². The van der Waals surface area contributed by atoms with E-state index >= 15 is 0 Å². The normalized spacial score (nSPS) is 14.3. The Hall–Kier alpha value is -3.10. The van der Waals surface area contributed by atoms with Gasteiger partial charge in [0.2, 0.25) is 10.0 Å². The van der Waals surface area contributed by atoms with Crippen LogP contribution in [0.2, 0.25) is 0 Å². The molecule has 2 heterocycles. The molecule has 1 N–H and O–H groups in total. The van der Waals surface area contributed by atoms with Crippen LogP contribution in [0.25, 0.3) is 27.5 Å². The Morgan fingerprint density at radius 1 is 1.06 bits per heavy atom. The second-order valence-electron chi connectivity index (χ2n) is 7.70. The van der Waals surface area contributed by atoms with E-state index in [1.165, 1.54) is 0 Å². The molecule has 1 aliphatic rings. The van der Waals surface area contributed by atoms with Crippen molar-refractivity contribution in [1.82, 2.24) is 14.3 Å². The first kappa shape index (κ1) is 19.8. The van der Waals surface area contributed by atoms with Gasteiger partial charge in [-0.05, 0) is 42.7 Å². The number of rotatable bonds is 7. The standard InChI is InChI=1S/C23H23N3O4S/c1-29-21-11-19-20(12-22(21)30-2)24-14-16-9-10-26(23(16)19)17-5-3-15(4-6-17)13-25-31(27,28)18-7-8-18/h3-6,9-12,14,18,25H,7-8,13H2,1-2H3. The molecule has 0 atom stereocenters. The Balaban J connectivity index is 1.51. The number of sulfonamides is 1. The molecule has 0 unspecified atom stereocenters. The number of nitrogens with zero attached hydrogens (tertiary/aromatic N) is 2. The molecule has 1 saturated carbocycles. The second kappa shape index (κ2) is 7.55. The fraction of sp³-hybridized carbons (Fsp3) is 0.261. The van der Waals surface area contributed by atoms with Crippen molar-refractivity contribution in [2.75, 3.05) is 14.2 Å². The summed E-state index contributed by atoms with van der Waals surface area (Å²) in [4.78, 5) is 4.57. The molecule has 7 nitrogen and oxygen atoms in total. The molecule has 2 aromatic carbocycles. The molecule has 8 heteroatoms. The maximum absolute atomic E-state index is 12.0. The van der Waals surface area contributed by atoms with Crippen LogP contribution >= 0.6 is 0 Å². The van der Waals surface area contributed by atoms with E-state index in [4.69, 9.17) is 9.47 Å². The van der Waals surface area contributed by atoms with Crippen LogP contribution in [0.15, 0.2) is 54.9 Å². The van der Waals surface area contributed by atoms with Gasteiger partial charge in [0.05, 0.1) is 30.5 Å². The summed E-state index contributed by atoms with van der Waals surface area (Å²) >= 11 is 0. The number of nitrogens with one attached hydrogen (secondary N) is 1. The lowest BCUT2D eigenvalue weighted by atomic mass is 10.1. The summed E-state index contributed by atoms with van der Waals surface area (Å²) < 4.78 is 39.8. The van der Waals surface area contributed by atoms with E-state index in [-0.39, 0.29) is 5.25 Å². The molecule has 2 aromatic heterocycles. The van der Waals surface area contributed by atoms with Crippen molar-refractivity contribution in [2.45, 2.75) is 24.6 Å². The number of hydrogen-bond acceptors (Lipinski definition) is 5. The number of aromatic nitrogens is 2. The third kappa shape index (κ3) is 3.62. The zero-order chi connectivity index (χ0) is 21.6. The zero-order valence-corrected chi connectivity index (χ0v) is 18.1. The van der Waals surface area contributed by atoms with Gasteiger partial charge in [0.25, 0.3) is 0 Å². The summed E-state index contributed by atoms with van der Waals surface area (Å²) in [7, 11) is 0.0375. The minimum Gasteiger partial charge on any atom is -0.493 e. The minimum absolute atomic E-state index is 0.212. The lowest BCUT2D eigenvalue weighted by molar-refractivity contribution is 0.356. The van der Waals surface area contributed by atoms with E-state index in [9.17, 15) is 8.42 Å². The van der Waals surface area contributed by atoms with Crippen LogP contribution in [-0.4, -0.2) is 37.4 Å². The third-order valence-corrected chi connectivity index (χ3v) is 7.57. The summed E-state index contributed by atoms with van der Waals surface area (Å²) in [6.07, 6.45) is 5.37. The van der Waals surface area contributed by atoms with E-state index in [1.807, 2.05) is 54.9 Å². The number of benzene rings is 2. The summed E-state index contributed by atoms with van der Waals surface area (Å²) in [6, 6.07) is 13.7. The average molecular weight is 438 g/mol. The monoisotopic (exact) mass is 437 g/mol. The van der Waals surface area contributed by atoms with E-state index in [1.54, 1.807) is 14.2 Å². The Bertz CT molecular complexity index is 1370. The van der Waals surface area contributed by atoms with Crippen molar-refractivity contribution in [3.05, 3.63) is 60.4 Å². The second-order valence-corrected chi connectivity index (χ2v) is 9.75. The van der Waals surface area contributed by atoms with Gasteiger partial charge in [0, 0.05) is 41.5 Å². The van der Waals surface area contributed by atoms with Crippen molar-refractivity contribution in [3.63, 3.8) is 0 Å². The van der Waals surface area contributed by atoms with Crippen LogP contribution in [0, 0.1) is 0 Å². The molecule has 0 aliphatic heterocycles. The predicted molar refractivity (Wildman–Crippen MR) is 120 cm³/mol. The molecule has 0 amide bonds. The summed E-state index contributed by atoms with van der Waals surface area (Å²) in [6.45, 7) is 0.301. The van der Waals surface area contributed by atoms with Gasteiger partial charge >= 0.3 is 0 Å². The van der Waals surface area contributed by atoms with Crippen molar-refractivity contribution in [1.29, 1.82) is 0 Å². The minimum atomic E-state index is -3.19. The molecule has 0 bridgehead atoms. The Morgan fingerprint density at radius 3 is 2.45 bits per heavy atom. The SMILES string of the molecule is COc1cc2ncc3ccn(-c4ccc(CNS(=O)(=O)C5CC5)cc4)c3c2cc1OC. The smallest absolute Gasteiger partial charge is 0.214 e. The van der Waals surface area contributed by atoms with Crippen LogP contribution in [0.4, 0.5) is 0 Å². The van der Waals surface area contributed by atoms with Crippen molar-refractivity contribution >= 4 is 31.8 Å². The van der Waals surface area contributed by atoms with Crippen molar-refractivity contribution < 1.29 is 17.9 Å². The lowest BCUT2D eigenvalue weighted by Gasteiger charge is -2.12. The zero-order valence-electron chi connectivity index (χ0n) is 17.3. The Labute approximate surface area is 180 Å². The molecule has 0 spiro atoms. The van der Waals surface area contributed by atoms with Gasteiger partial charge in [-0.25, -0.2) is 13.1 Å². The topological polar surface area (TPSA) is 82.5 Å². The van der Waals surface area contributed by atoms with E-state index in [0.717, 1.165) is 45.9 Å². The summed E-state index contributed by atoms with van der Waals surface area (Å²) in [5.41, 5.74) is 3.73. The van der Waals surface area contributed by atoms with Crippen LogP contribution in [-0.2, 0) is 16.6 Å². The fourth-order valence-electron chi connectivity index (χ4n) is 3.81. The van der Waals surface area contributed by atoms with Gasteiger partial charge in [-0.2, -0.15) is 0 Å². The van der Waals surface area contributed by atoms with Gasteiger partial charge in [0.1, 0.15) is 0 Å². The third-order valence-electron chi connectivity index (χ3n) is 5.67. The summed E-state index contributed by atoms with van der Waals surface area (Å²) in [5.74, 6) is 1.29. The molecule has 160 valence electrons. The highest BCUT2D eigenvalue weighted by Crippen LogP contribution is 2.35. The number of ether oxygens (including phenoxy) is 2. The molecular weight excluding hydrogens is 414 g/mol. The summed E-state index contributed by atoms with van der Waals surface area (Å²) in [5, 5.41) is 1.76. The van der Waals surface area contributed by atoms with Gasteiger partial charge in [-0.3, -0.25) is 4.98 Å². The number of fused-ring (bicyclic) bond motifs is 3. The fourth-order valence-corrected chi connectivity index (χ4v) is 5.17. The Morgan fingerprint density at radius 2 is 1.77 bits per heavy atom. The molecule has 4 aromatic rings. The number of methoxy groups -OCH3 is 2. The first-order chi connectivity index (χ1) is 15.0. The molecule has 1 aliphatic carbocycles. The van der Waals surface area contributed by atoms with Crippen LogP contribution in [0.3, 0.4) is 0 Å². The quantitative estimate of drug-likeness (QED) is 0.476. The van der Waals surface area contributed by atoms with Crippen LogP contribution in [0.1, 0.15) is 18.4 Å². The maximum Gasteiger partial charge on any atom is 0.214 e. The van der Waals surface area contributed by atoms with E-state index in [2.05, 4.69) is 14.3 Å². The molecule has 1 fully saturated rings. The maximum atomic E-state index is 12.0. The van der Waals surface area contributed by atoms with Crippen LogP contribution in [0.5, 0.6) is 11.5 Å². The van der Waals surface area contributed by atoms with Gasteiger partial charge < -0.3 is 14.0 Å². The van der Waals surface area contributed by atoms with E-state index in [0.29, 0.717) is 18.0 Å². The molecular formula is C23H23N3O4S. The number of hydrogen-bond donors (Lipinski definition) is 1. The molecule has 5 rings (SSSR count). The molecule has 0 radical (unpaired) electrons. The van der Waals surface area contributed by atoms with Crippen LogP contribution < -0.4 is 14.2 Å². The largest absolute Gasteiger partial charge is 0.493 e. The number of pyridine rings is 1. The first-order valence-electron chi connectivity index (χ1n) is 10.1. The lowest BCUT2D eigenvalue weighted by Crippen LogP contribution is -2.26. The van der Waals surface area contributed by atoms with Crippen molar-refractivity contribution in [2.24, 2.45) is 0 Å². The molecule has 0 saturated heterocycles. The van der Waals surface area contributed by atoms with Crippen molar-refractivity contribution in [3.8, 4) is 17.2 Å².